The van der Waals surface area contributed by atoms with Crippen LogP contribution >= 0.6 is 0 Å². The highest BCUT2D eigenvalue weighted by Crippen LogP contribution is 2.36. The van der Waals surface area contributed by atoms with Crippen molar-refractivity contribution in [2.75, 3.05) is 0 Å². The largest absolute Gasteiger partial charge is 0.213 e. The van der Waals surface area contributed by atoms with Crippen LogP contribution in [-0.2, 0) is 6.42 Å². The fraction of sp³-hybridized carbons (Fsp3) is 0.0606. The maximum atomic E-state index is 4.85. The lowest BCUT2D eigenvalue weighted by Crippen LogP contribution is -2.02. The van der Waals surface area contributed by atoms with E-state index in [0.29, 0.717) is 11.6 Å². The van der Waals surface area contributed by atoms with Gasteiger partial charge in [-0.15, -0.1) is 0 Å². The van der Waals surface area contributed by atoms with E-state index >= 15 is 0 Å². The zero-order valence-electron chi connectivity index (χ0n) is 20.1. The zero-order chi connectivity index (χ0) is 24.3. The van der Waals surface area contributed by atoms with Crippen LogP contribution in [-0.4, -0.2) is 15.0 Å². The maximum absolute atomic E-state index is 4.85. The van der Waals surface area contributed by atoms with Gasteiger partial charge in [-0.25, -0.2) is 15.0 Å². The number of hydrogen-bond donors (Lipinski definition) is 0. The number of aryl methyl sites for hydroxylation is 1. The van der Waals surface area contributed by atoms with E-state index in [1.165, 1.54) is 27.5 Å². The van der Waals surface area contributed by atoms with Gasteiger partial charge in [0.1, 0.15) is 5.82 Å². The normalized spacial score (nSPS) is 11.0. The van der Waals surface area contributed by atoms with Gasteiger partial charge in [0.2, 0.25) is 0 Å². The van der Waals surface area contributed by atoms with Crippen LogP contribution in [0.25, 0.3) is 55.8 Å². The predicted octanol–water partition coefficient (Wildman–Crippen LogP) is 8.26. The number of nitrogens with zero attached hydrogens (tertiary/aromatic N) is 3. The van der Waals surface area contributed by atoms with E-state index in [0.717, 1.165) is 28.9 Å². The van der Waals surface area contributed by atoms with Crippen molar-refractivity contribution in [1.82, 2.24) is 15.0 Å². The van der Waals surface area contributed by atoms with Crippen LogP contribution in [0.3, 0.4) is 0 Å². The molecule has 3 heteroatoms. The van der Waals surface area contributed by atoms with Crippen molar-refractivity contribution in [2.24, 2.45) is 0 Å². The second-order valence-electron chi connectivity index (χ2n) is 8.77. The first-order chi connectivity index (χ1) is 17.8. The fourth-order valence-corrected chi connectivity index (χ4v) is 4.67. The van der Waals surface area contributed by atoms with Crippen LogP contribution in [0, 0.1) is 0 Å². The lowest BCUT2D eigenvalue weighted by molar-refractivity contribution is 0.910. The second kappa shape index (κ2) is 9.55. The third-order valence-electron chi connectivity index (χ3n) is 6.47. The monoisotopic (exact) mass is 463 g/mol. The molecule has 6 aromatic rings. The van der Waals surface area contributed by atoms with Gasteiger partial charge in [0, 0.05) is 17.5 Å². The molecule has 0 fully saturated rings. The summed E-state index contributed by atoms with van der Waals surface area (Å²) in [4.78, 5) is 14.3. The van der Waals surface area contributed by atoms with Gasteiger partial charge in [-0.1, -0.05) is 122 Å². The number of fused-ring (bicyclic) bond motifs is 1. The molecule has 1 aromatic heterocycles. The Morgan fingerprint density at radius 1 is 0.444 bits per heavy atom. The SMILES string of the molecule is CCc1nc(-c2ccccc2)nc(-c2cccc(-c3ccc(-c4ccccc4)c4ccccc34)c2)n1. The van der Waals surface area contributed by atoms with Crippen LogP contribution in [0.5, 0.6) is 0 Å². The van der Waals surface area contributed by atoms with Crippen LogP contribution in [0.4, 0.5) is 0 Å². The van der Waals surface area contributed by atoms with Crippen molar-refractivity contribution >= 4 is 10.8 Å². The van der Waals surface area contributed by atoms with E-state index in [4.69, 9.17) is 9.97 Å². The number of benzene rings is 5. The topological polar surface area (TPSA) is 38.7 Å². The molecule has 5 aromatic carbocycles. The summed E-state index contributed by atoms with van der Waals surface area (Å²) in [6, 6.07) is 42.2. The molecule has 0 saturated heterocycles. The molecule has 0 bridgehead atoms. The summed E-state index contributed by atoms with van der Waals surface area (Å²) in [5, 5.41) is 2.47. The number of hydrogen-bond acceptors (Lipinski definition) is 3. The van der Waals surface area contributed by atoms with Crippen molar-refractivity contribution in [3.05, 3.63) is 127 Å². The molecule has 0 saturated carbocycles. The van der Waals surface area contributed by atoms with Gasteiger partial charge in [-0.2, -0.15) is 0 Å². The minimum Gasteiger partial charge on any atom is -0.213 e. The van der Waals surface area contributed by atoms with Gasteiger partial charge in [0.25, 0.3) is 0 Å². The van der Waals surface area contributed by atoms with E-state index in [-0.39, 0.29) is 0 Å². The quantitative estimate of drug-likeness (QED) is 0.258. The molecule has 0 amide bonds. The van der Waals surface area contributed by atoms with Crippen LogP contribution in [0.2, 0.25) is 0 Å². The summed E-state index contributed by atoms with van der Waals surface area (Å²) < 4.78 is 0. The smallest absolute Gasteiger partial charge is 0.163 e. The first kappa shape index (κ1) is 21.9. The van der Waals surface area contributed by atoms with Crippen molar-refractivity contribution < 1.29 is 0 Å². The lowest BCUT2D eigenvalue weighted by atomic mass is 9.91. The zero-order valence-corrected chi connectivity index (χ0v) is 20.1. The van der Waals surface area contributed by atoms with Gasteiger partial charge in [-0.3, -0.25) is 0 Å². The molecule has 0 aliphatic carbocycles. The van der Waals surface area contributed by atoms with Gasteiger partial charge >= 0.3 is 0 Å². The second-order valence-corrected chi connectivity index (χ2v) is 8.77. The minimum absolute atomic E-state index is 0.702. The first-order valence-corrected chi connectivity index (χ1v) is 12.3. The molecule has 0 aliphatic rings. The van der Waals surface area contributed by atoms with Gasteiger partial charge in [-0.05, 0) is 39.1 Å². The summed E-state index contributed by atoms with van der Waals surface area (Å²) in [5.41, 5.74) is 6.78. The summed E-state index contributed by atoms with van der Waals surface area (Å²) in [6.07, 6.45) is 0.751. The van der Waals surface area contributed by atoms with Crippen molar-refractivity contribution in [1.29, 1.82) is 0 Å². The third kappa shape index (κ3) is 4.16. The molecule has 172 valence electrons. The molecule has 1 heterocycles. The molecule has 0 N–H and O–H groups in total. The molecule has 0 radical (unpaired) electrons. The highest BCUT2D eigenvalue weighted by Gasteiger charge is 2.13. The molecule has 0 unspecified atom stereocenters. The van der Waals surface area contributed by atoms with Gasteiger partial charge < -0.3 is 0 Å². The summed E-state index contributed by atoms with van der Waals surface area (Å²) in [6.45, 7) is 2.07. The number of rotatable bonds is 5. The Morgan fingerprint density at radius 2 is 0.944 bits per heavy atom. The maximum Gasteiger partial charge on any atom is 0.163 e. The first-order valence-electron chi connectivity index (χ1n) is 12.3. The van der Waals surface area contributed by atoms with E-state index in [9.17, 15) is 0 Å². The van der Waals surface area contributed by atoms with E-state index in [2.05, 4.69) is 103 Å². The Bertz CT molecular complexity index is 1660. The van der Waals surface area contributed by atoms with Crippen LogP contribution in [0.15, 0.2) is 121 Å². The average Bonchev–Trinajstić information content (AvgIpc) is 2.97. The molecule has 36 heavy (non-hydrogen) atoms. The highest BCUT2D eigenvalue weighted by molar-refractivity contribution is 6.05. The van der Waals surface area contributed by atoms with Crippen molar-refractivity contribution in [3.8, 4) is 45.0 Å². The molecule has 0 aliphatic heterocycles. The molecule has 0 spiro atoms. The summed E-state index contributed by atoms with van der Waals surface area (Å²) in [5.74, 6) is 2.20. The predicted molar refractivity (Wildman–Crippen MR) is 148 cm³/mol. The Balaban J connectivity index is 1.48. The van der Waals surface area contributed by atoms with Crippen LogP contribution in [0.1, 0.15) is 12.7 Å². The van der Waals surface area contributed by atoms with Gasteiger partial charge in [0.15, 0.2) is 11.6 Å². The Morgan fingerprint density at radius 3 is 1.58 bits per heavy atom. The standard InChI is InChI=1S/C33H25N3/c1-2-31-34-32(24-14-7-4-8-15-24)36-33(35-31)26-17-11-16-25(22-26)28-21-20-27(23-12-5-3-6-13-23)29-18-9-10-19-30(28)29/h3-22H,2H2,1H3. The fourth-order valence-electron chi connectivity index (χ4n) is 4.67. The lowest BCUT2D eigenvalue weighted by Gasteiger charge is -2.13. The van der Waals surface area contributed by atoms with Crippen molar-refractivity contribution in [2.45, 2.75) is 13.3 Å². The highest BCUT2D eigenvalue weighted by atomic mass is 15.0. The molecule has 0 atom stereocenters. The van der Waals surface area contributed by atoms with Gasteiger partial charge in [0.05, 0.1) is 0 Å². The van der Waals surface area contributed by atoms with Crippen molar-refractivity contribution in [3.63, 3.8) is 0 Å². The molecule has 6 rings (SSSR count). The number of aromatic nitrogens is 3. The third-order valence-corrected chi connectivity index (χ3v) is 6.47. The summed E-state index contributed by atoms with van der Waals surface area (Å²) in [7, 11) is 0. The molecular formula is C33H25N3. The molecular weight excluding hydrogens is 438 g/mol. The van der Waals surface area contributed by atoms with E-state index in [1.807, 2.05) is 30.3 Å². The average molecular weight is 464 g/mol. The Hall–Kier alpha value is -4.63. The minimum atomic E-state index is 0.702. The Labute approximate surface area is 211 Å². The van der Waals surface area contributed by atoms with Crippen LogP contribution < -0.4 is 0 Å². The Kier molecular flexibility index (Phi) is 5.80. The van der Waals surface area contributed by atoms with E-state index < -0.39 is 0 Å². The molecule has 3 nitrogen and oxygen atoms in total. The van der Waals surface area contributed by atoms with E-state index in [1.54, 1.807) is 0 Å². The summed E-state index contributed by atoms with van der Waals surface area (Å²) >= 11 is 0.